The monoisotopic (exact) mass is 178 g/mol. The SMILES string of the molecule is CC1=CN2NC=NC(C)=C2C(=O)N1. The Morgan fingerprint density at radius 1 is 1.46 bits per heavy atom. The predicted octanol–water partition coefficient (Wildman–Crippen LogP) is 0.0575. The van der Waals surface area contributed by atoms with Gasteiger partial charge in [-0.3, -0.25) is 15.2 Å². The first-order valence-corrected chi connectivity index (χ1v) is 3.97. The number of carbonyl (C=O) groups is 1. The molecule has 2 aliphatic rings. The van der Waals surface area contributed by atoms with Gasteiger partial charge in [0.15, 0.2) is 0 Å². The highest BCUT2D eigenvalue weighted by molar-refractivity contribution is 5.96. The Labute approximate surface area is 75.8 Å². The summed E-state index contributed by atoms with van der Waals surface area (Å²) in [5, 5.41) is 4.38. The summed E-state index contributed by atoms with van der Waals surface area (Å²) in [5.74, 6) is -0.123. The number of rotatable bonds is 0. The standard InChI is InChI=1S/C8H10N4O/c1-5-3-12-7(8(13)11-5)6(2)9-4-10-12/h3-4H,1-2H3,(H,9,10)(H,11,13). The fourth-order valence-electron chi connectivity index (χ4n) is 1.33. The Hall–Kier alpha value is -1.78. The number of amides is 1. The van der Waals surface area contributed by atoms with E-state index >= 15 is 0 Å². The first-order valence-electron chi connectivity index (χ1n) is 3.97. The number of nitrogens with one attached hydrogen (secondary N) is 2. The Balaban J connectivity index is 2.47. The number of carbonyl (C=O) groups excluding carboxylic acids is 1. The van der Waals surface area contributed by atoms with E-state index in [2.05, 4.69) is 15.7 Å². The highest BCUT2D eigenvalue weighted by atomic mass is 16.2. The van der Waals surface area contributed by atoms with Crippen LogP contribution in [0.15, 0.2) is 28.3 Å². The summed E-state index contributed by atoms with van der Waals surface area (Å²) in [5.41, 5.74) is 4.93. The van der Waals surface area contributed by atoms with Crippen molar-refractivity contribution < 1.29 is 4.79 Å². The minimum atomic E-state index is -0.123. The number of aliphatic imine (C=N–C) groups is 1. The van der Waals surface area contributed by atoms with Gasteiger partial charge in [0.25, 0.3) is 5.91 Å². The van der Waals surface area contributed by atoms with Gasteiger partial charge >= 0.3 is 0 Å². The third-order valence-electron chi connectivity index (χ3n) is 1.89. The Morgan fingerprint density at radius 3 is 3.00 bits per heavy atom. The zero-order valence-electron chi connectivity index (χ0n) is 7.46. The molecule has 0 unspecified atom stereocenters. The van der Waals surface area contributed by atoms with E-state index in [4.69, 9.17) is 0 Å². The summed E-state index contributed by atoms with van der Waals surface area (Å²) in [6.45, 7) is 3.63. The molecule has 13 heavy (non-hydrogen) atoms. The minimum Gasteiger partial charge on any atom is -0.323 e. The molecule has 1 amide bonds. The van der Waals surface area contributed by atoms with Crippen molar-refractivity contribution in [3.8, 4) is 0 Å². The van der Waals surface area contributed by atoms with Crippen molar-refractivity contribution in [3.63, 3.8) is 0 Å². The van der Waals surface area contributed by atoms with Gasteiger partial charge in [-0.05, 0) is 13.8 Å². The second-order valence-electron chi connectivity index (χ2n) is 2.96. The maximum atomic E-state index is 11.5. The van der Waals surface area contributed by atoms with Gasteiger partial charge in [-0.15, -0.1) is 0 Å². The fourth-order valence-corrected chi connectivity index (χ4v) is 1.33. The Kier molecular flexibility index (Phi) is 1.58. The number of fused-ring (bicyclic) bond motifs is 1. The molecule has 0 fully saturated rings. The van der Waals surface area contributed by atoms with E-state index < -0.39 is 0 Å². The van der Waals surface area contributed by atoms with Crippen LogP contribution in [0.4, 0.5) is 0 Å². The first kappa shape index (κ1) is 7.85. The van der Waals surface area contributed by atoms with Gasteiger partial charge in [-0.1, -0.05) is 0 Å². The molecular formula is C8H10N4O. The zero-order valence-corrected chi connectivity index (χ0v) is 7.46. The summed E-state index contributed by atoms with van der Waals surface area (Å²) in [4.78, 5) is 15.5. The van der Waals surface area contributed by atoms with E-state index in [1.807, 2.05) is 13.1 Å². The van der Waals surface area contributed by atoms with Gasteiger partial charge in [-0.2, -0.15) is 0 Å². The number of nitrogens with zero attached hydrogens (tertiary/aromatic N) is 2. The van der Waals surface area contributed by atoms with Crippen LogP contribution >= 0.6 is 0 Å². The summed E-state index contributed by atoms with van der Waals surface area (Å²) in [6, 6.07) is 0. The molecule has 0 aromatic carbocycles. The average Bonchev–Trinajstić information content (AvgIpc) is 2.02. The van der Waals surface area contributed by atoms with Crippen molar-refractivity contribution in [2.24, 2.45) is 4.99 Å². The molecule has 0 aromatic heterocycles. The molecular weight excluding hydrogens is 168 g/mol. The lowest BCUT2D eigenvalue weighted by Gasteiger charge is -2.30. The van der Waals surface area contributed by atoms with Crippen LogP contribution in [-0.2, 0) is 4.79 Å². The van der Waals surface area contributed by atoms with Crippen molar-refractivity contribution in [1.82, 2.24) is 15.8 Å². The van der Waals surface area contributed by atoms with E-state index in [0.29, 0.717) is 11.4 Å². The van der Waals surface area contributed by atoms with Crippen molar-refractivity contribution in [2.75, 3.05) is 0 Å². The molecule has 0 atom stereocenters. The molecule has 2 heterocycles. The van der Waals surface area contributed by atoms with Gasteiger partial charge in [0.1, 0.15) is 12.0 Å². The number of hydrogen-bond donors (Lipinski definition) is 2. The molecule has 68 valence electrons. The Morgan fingerprint density at radius 2 is 2.23 bits per heavy atom. The lowest BCUT2D eigenvalue weighted by molar-refractivity contribution is -0.118. The molecule has 0 aliphatic carbocycles. The van der Waals surface area contributed by atoms with Gasteiger partial charge in [0.2, 0.25) is 0 Å². The molecule has 5 heteroatoms. The summed E-state index contributed by atoms with van der Waals surface area (Å²) < 4.78 is 0. The lowest BCUT2D eigenvalue weighted by Crippen LogP contribution is -2.45. The van der Waals surface area contributed by atoms with Gasteiger partial charge in [-0.25, -0.2) is 4.99 Å². The van der Waals surface area contributed by atoms with Crippen molar-refractivity contribution in [3.05, 3.63) is 23.3 Å². The molecule has 0 spiro atoms. The number of allylic oxidation sites excluding steroid dienone is 2. The Bertz CT molecular complexity index is 353. The smallest absolute Gasteiger partial charge is 0.275 e. The molecule has 0 radical (unpaired) electrons. The third kappa shape index (κ3) is 1.18. The fraction of sp³-hybridized carbons (Fsp3) is 0.250. The number of hydrazine groups is 1. The maximum Gasteiger partial charge on any atom is 0.275 e. The van der Waals surface area contributed by atoms with Crippen LogP contribution in [0.1, 0.15) is 13.8 Å². The molecule has 2 N–H and O–H groups in total. The summed E-state index contributed by atoms with van der Waals surface area (Å²) in [6.07, 6.45) is 3.37. The quantitative estimate of drug-likeness (QED) is 0.551. The van der Waals surface area contributed by atoms with Crippen LogP contribution < -0.4 is 10.7 Å². The highest BCUT2D eigenvalue weighted by Crippen LogP contribution is 2.17. The van der Waals surface area contributed by atoms with E-state index in [9.17, 15) is 4.79 Å². The van der Waals surface area contributed by atoms with Crippen LogP contribution in [0.5, 0.6) is 0 Å². The first-order chi connectivity index (χ1) is 6.18. The molecule has 0 aromatic rings. The van der Waals surface area contributed by atoms with E-state index in [0.717, 1.165) is 5.70 Å². The molecule has 0 saturated carbocycles. The molecule has 2 aliphatic heterocycles. The van der Waals surface area contributed by atoms with Gasteiger partial charge < -0.3 is 5.32 Å². The van der Waals surface area contributed by atoms with Crippen molar-refractivity contribution in [2.45, 2.75) is 13.8 Å². The maximum absolute atomic E-state index is 11.5. The van der Waals surface area contributed by atoms with Gasteiger partial charge in [0.05, 0.1) is 5.70 Å². The van der Waals surface area contributed by atoms with Crippen molar-refractivity contribution in [1.29, 1.82) is 0 Å². The topological polar surface area (TPSA) is 56.7 Å². The van der Waals surface area contributed by atoms with Crippen LogP contribution in [-0.4, -0.2) is 17.3 Å². The molecule has 0 saturated heterocycles. The zero-order chi connectivity index (χ0) is 9.42. The molecule has 2 rings (SSSR count). The lowest BCUT2D eigenvalue weighted by atomic mass is 10.2. The average molecular weight is 178 g/mol. The van der Waals surface area contributed by atoms with Crippen LogP contribution in [0, 0.1) is 0 Å². The third-order valence-corrected chi connectivity index (χ3v) is 1.89. The van der Waals surface area contributed by atoms with Crippen molar-refractivity contribution >= 4 is 12.2 Å². The van der Waals surface area contributed by atoms with Crippen LogP contribution in [0.25, 0.3) is 0 Å². The van der Waals surface area contributed by atoms with Gasteiger partial charge in [0, 0.05) is 11.9 Å². The normalized spacial score (nSPS) is 20.6. The van der Waals surface area contributed by atoms with E-state index in [1.165, 1.54) is 0 Å². The molecule has 0 bridgehead atoms. The second kappa shape index (κ2) is 2.62. The number of hydrogen-bond acceptors (Lipinski definition) is 4. The summed E-state index contributed by atoms with van der Waals surface area (Å²) >= 11 is 0. The van der Waals surface area contributed by atoms with Crippen LogP contribution in [0.2, 0.25) is 0 Å². The predicted molar refractivity (Wildman–Crippen MR) is 48.1 cm³/mol. The second-order valence-corrected chi connectivity index (χ2v) is 2.96. The largest absolute Gasteiger partial charge is 0.323 e. The van der Waals surface area contributed by atoms with E-state index in [-0.39, 0.29) is 5.91 Å². The highest BCUT2D eigenvalue weighted by Gasteiger charge is 2.25. The minimum absolute atomic E-state index is 0.123. The summed E-state index contributed by atoms with van der Waals surface area (Å²) in [7, 11) is 0. The molecule has 5 nitrogen and oxygen atoms in total. The van der Waals surface area contributed by atoms with E-state index in [1.54, 1.807) is 18.3 Å². The van der Waals surface area contributed by atoms with Crippen LogP contribution in [0.3, 0.4) is 0 Å².